The lowest BCUT2D eigenvalue weighted by atomic mass is 9.87. The molecule has 18 heavy (non-hydrogen) atoms. The van der Waals surface area contributed by atoms with E-state index in [1.165, 1.54) is 13.2 Å². The third kappa shape index (κ3) is 3.70. The van der Waals surface area contributed by atoms with Crippen molar-refractivity contribution in [1.29, 1.82) is 0 Å². The normalized spacial score (nSPS) is 15.3. The Bertz CT molecular complexity index is 398. The topological polar surface area (TPSA) is 21.3 Å². The second-order valence-electron chi connectivity index (χ2n) is 5.87. The van der Waals surface area contributed by atoms with Gasteiger partial charge in [0.1, 0.15) is 0 Å². The van der Waals surface area contributed by atoms with Gasteiger partial charge < -0.3 is 10.1 Å². The predicted molar refractivity (Wildman–Crippen MR) is 73.4 cm³/mol. The molecule has 3 heteroatoms. The molecule has 2 nitrogen and oxygen atoms in total. The van der Waals surface area contributed by atoms with Gasteiger partial charge in [0.15, 0.2) is 11.6 Å². The summed E-state index contributed by atoms with van der Waals surface area (Å²) in [6.45, 7) is 10.8. The fourth-order valence-electron chi connectivity index (χ4n) is 1.67. The van der Waals surface area contributed by atoms with Gasteiger partial charge in [-0.05, 0) is 37.0 Å². The average Bonchev–Trinajstić information content (AvgIpc) is 2.28. The summed E-state index contributed by atoms with van der Waals surface area (Å²) in [7, 11) is 1.48. The number of rotatable bonds is 4. The molecule has 0 heterocycles. The van der Waals surface area contributed by atoms with Crippen LogP contribution in [-0.2, 0) is 0 Å². The number of hydrogen-bond donors (Lipinski definition) is 1. The van der Waals surface area contributed by atoms with Crippen LogP contribution in [0.4, 0.5) is 4.39 Å². The number of methoxy groups -OCH3 is 1. The summed E-state index contributed by atoms with van der Waals surface area (Å²) in [6.07, 6.45) is 0. The summed E-state index contributed by atoms with van der Waals surface area (Å²) < 4.78 is 18.3. The molecule has 1 N–H and O–H groups in total. The summed E-state index contributed by atoms with van der Waals surface area (Å²) in [6, 6.07) is 5.53. The summed E-state index contributed by atoms with van der Waals surface area (Å²) in [5.41, 5.74) is 1.22. The second-order valence-corrected chi connectivity index (χ2v) is 5.87. The van der Waals surface area contributed by atoms with Gasteiger partial charge in [-0.25, -0.2) is 4.39 Å². The van der Waals surface area contributed by atoms with Gasteiger partial charge >= 0.3 is 0 Å². The zero-order valence-electron chi connectivity index (χ0n) is 12.2. The van der Waals surface area contributed by atoms with Crippen LogP contribution in [0.25, 0.3) is 0 Å². The van der Waals surface area contributed by atoms with E-state index in [1.54, 1.807) is 12.1 Å². The number of halogens is 1. The van der Waals surface area contributed by atoms with Gasteiger partial charge in [-0.1, -0.05) is 26.8 Å². The summed E-state index contributed by atoms with van der Waals surface area (Å²) >= 11 is 0. The van der Waals surface area contributed by atoms with E-state index >= 15 is 0 Å². The van der Waals surface area contributed by atoms with E-state index in [1.807, 2.05) is 0 Å². The first kappa shape index (κ1) is 15.0. The molecule has 0 aromatic heterocycles. The highest BCUT2D eigenvalue weighted by atomic mass is 19.1. The largest absolute Gasteiger partial charge is 0.494 e. The lowest BCUT2D eigenvalue weighted by Crippen LogP contribution is -2.39. The first-order valence-electron chi connectivity index (χ1n) is 6.35. The lowest BCUT2D eigenvalue weighted by Gasteiger charge is -2.31. The van der Waals surface area contributed by atoms with Crippen molar-refractivity contribution in [2.24, 2.45) is 5.41 Å². The Balaban J connectivity index is 2.81. The van der Waals surface area contributed by atoms with E-state index in [0.29, 0.717) is 11.8 Å². The van der Waals surface area contributed by atoms with Crippen LogP contribution in [0.1, 0.15) is 46.2 Å². The zero-order valence-corrected chi connectivity index (χ0v) is 12.2. The quantitative estimate of drug-likeness (QED) is 0.878. The Labute approximate surface area is 110 Å². The zero-order chi connectivity index (χ0) is 13.9. The number of hydrogen-bond acceptors (Lipinski definition) is 2. The van der Waals surface area contributed by atoms with Gasteiger partial charge in [-0.2, -0.15) is 0 Å². The Hall–Kier alpha value is -1.09. The standard InChI is InChI=1S/C15H24FNO/c1-10(17-11(2)15(3,4)5)12-7-8-13(16)14(9-12)18-6/h7-11,17H,1-6H3. The van der Waals surface area contributed by atoms with Crippen molar-refractivity contribution in [1.82, 2.24) is 5.32 Å². The van der Waals surface area contributed by atoms with Crippen molar-refractivity contribution < 1.29 is 9.13 Å². The van der Waals surface area contributed by atoms with E-state index in [0.717, 1.165) is 5.56 Å². The SMILES string of the molecule is COc1cc(C(C)NC(C)C(C)(C)C)ccc1F. The van der Waals surface area contributed by atoms with Crippen LogP contribution in [0.3, 0.4) is 0 Å². The van der Waals surface area contributed by atoms with Gasteiger partial charge in [-0.15, -0.1) is 0 Å². The monoisotopic (exact) mass is 253 g/mol. The fourth-order valence-corrected chi connectivity index (χ4v) is 1.67. The molecule has 2 atom stereocenters. The van der Waals surface area contributed by atoms with Gasteiger partial charge in [0.25, 0.3) is 0 Å². The van der Waals surface area contributed by atoms with Crippen molar-refractivity contribution >= 4 is 0 Å². The maximum Gasteiger partial charge on any atom is 0.165 e. The Morgan fingerprint density at radius 1 is 1.22 bits per heavy atom. The molecule has 0 aliphatic heterocycles. The molecule has 1 rings (SSSR count). The van der Waals surface area contributed by atoms with Crippen LogP contribution < -0.4 is 10.1 Å². The highest BCUT2D eigenvalue weighted by molar-refractivity contribution is 5.32. The molecule has 0 bridgehead atoms. The summed E-state index contributed by atoms with van der Waals surface area (Å²) in [5, 5.41) is 3.53. The van der Waals surface area contributed by atoms with Crippen LogP contribution in [0.5, 0.6) is 5.75 Å². The average molecular weight is 253 g/mol. The van der Waals surface area contributed by atoms with Gasteiger partial charge in [0.05, 0.1) is 7.11 Å². The molecule has 0 fully saturated rings. The molecule has 0 radical (unpaired) electrons. The highest BCUT2D eigenvalue weighted by Gasteiger charge is 2.22. The molecule has 1 aromatic rings. The molecular formula is C15H24FNO. The minimum Gasteiger partial charge on any atom is -0.494 e. The van der Waals surface area contributed by atoms with Crippen LogP contribution in [0.15, 0.2) is 18.2 Å². The molecule has 0 saturated carbocycles. The van der Waals surface area contributed by atoms with Crippen LogP contribution >= 0.6 is 0 Å². The predicted octanol–water partition coefficient (Wildman–Crippen LogP) is 3.92. The van der Waals surface area contributed by atoms with Gasteiger partial charge in [0.2, 0.25) is 0 Å². The maximum atomic E-state index is 13.3. The van der Waals surface area contributed by atoms with E-state index in [-0.39, 0.29) is 17.3 Å². The molecule has 0 saturated heterocycles. The van der Waals surface area contributed by atoms with Crippen LogP contribution in [0, 0.1) is 11.2 Å². The van der Waals surface area contributed by atoms with Gasteiger partial charge in [0, 0.05) is 12.1 Å². The second kappa shape index (κ2) is 5.70. The lowest BCUT2D eigenvalue weighted by molar-refractivity contribution is 0.268. The first-order valence-corrected chi connectivity index (χ1v) is 6.35. The van der Waals surface area contributed by atoms with Crippen molar-refractivity contribution in [2.75, 3.05) is 7.11 Å². The van der Waals surface area contributed by atoms with Crippen LogP contribution in [0.2, 0.25) is 0 Å². The minimum atomic E-state index is -0.322. The fraction of sp³-hybridized carbons (Fsp3) is 0.600. The van der Waals surface area contributed by atoms with E-state index in [4.69, 9.17) is 4.74 Å². The Morgan fingerprint density at radius 3 is 2.33 bits per heavy atom. The third-order valence-electron chi connectivity index (χ3n) is 3.47. The summed E-state index contributed by atoms with van der Waals surface area (Å²) in [5.74, 6) is -0.0260. The Morgan fingerprint density at radius 2 is 1.83 bits per heavy atom. The van der Waals surface area contributed by atoms with Gasteiger partial charge in [-0.3, -0.25) is 0 Å². The van der Waals surface area contributed by atoms with Crippen LogP contribution in [-0.4, -0.2) is 13.2 Å². The molecule has 2 unspecified atom stereocenters. The highest BCUT2D eigenvalue weighted by Crippen LogP contribution is 2.25. The van der Waals surface area contributed by atoms with Crippen molar-refractivity contribution in [3.05, 3.63) is 29.6 Å². The third-order valence-corrected chi connectivity index (χ3v) is 3.47. The van der Waals surface area contributed by atoms with Crippen molar-refractivity contribution in [3.8, 4) is 5.75 Å². The summed E-state index contributed by atoms with van der Waals surface area (Å²) in [4.78, 5) is 0. The number of benzene rings is 1. The van der Waals surface area contributed by atoms with E-state index in [2.05, 4.69) is 39.9 Å². The molecule has 102 valence electrons. The molecular weight excluding hydrogens is 229 g/mol. The number of ether oxygens (including phenoxy) is 1. The molecule has 0 spiro atoms. The van der Waals surface area contributed by atoms with Crippen molar-refractivity contribution in [2.45, 2.75) is 46.7 Å². The molecule has 0 aliphatic carbocycles. The molecule has 0 aliphatic rings. The molecule has 0 amide bonds. The first-order chi connectivity index (χ1) is 8.25. The Kier molecular flexibility index (Phi) is 4.74. The minimum absolute atomic E-state index is 0.161. The van der Waals surface area contributed by atoms with E-state index in [9.17, 15) is 4.39 Å². The molecule has 1 aromatic carbocycles. The maximum absolute atomic E-state index is 13.3. The van der Waals surface area contributed by atoms with E-state index < -0.39 is 0 Å². The number of nitrogens with one attached hydrogen (secondary N) is 1. The smallest absolute Gasteiger partial charge is 0.165 e. The van der Waals surface area contributed by atoms with Crippen molar-refractivity contribution in [3.63, 3.8) is 0 Å².